The molecule has 0 aliphatic carbocycles. The van der Waals surface area contributed by atoms with Gasteiger partial charge in [-0.1, -0.05) is 27.7 Å². The topological polar surface area (TPSA) is 32.3 Å². The first kappa shape index (κ1) is 14.9. The van der Waals surface area contributed by atoms with Crippen LogP contribution in [0.3, 0.4) is 0 Å². The number of aliphatic hydroxyl groups excluding tert-OH is 1. The predicted molar refractivity (Wildman–Crippen MR) is 67.0 cm³/mol. The van der Waals surface area contributed by atoms with Crippen molar-refractivity contribution in [2.75, 3.05) is 6.54 Å². The lowest BCUT2D eigenvalue weighted by molar-refractivity contribution is 0.180. The number of aliphatic hydroxyl groups is 1. The first-order chi connectivity index (χ1) is 6.91. The van der Waals surface area contributed by atoms with Gasteiger partial charge in [-0.25, -0.2) is 0 Å². The Morgan fingerprint density at radius 1 is 0.933 bits per heavy atom. The van der Waals surface area contributed by atoms with E-state index in [1.54, 1.807) is 0 Å². The maximum absolute atomic E-state index is 9.19. The third-order valence-corrected chi connectivity index (χ3v) is 2.51. The normalized spacial score (nSPS) is 14.2. The highest BCUT2D eigenvalue weighted by Crippen LogP contribution is 2.13. The molecule has 92 valence electrons. The molecule has 0 fully saturated rings. The first-order valence-corrected chi connectivity index (χ1v) is 6.33. The molecule has 0 saturated carbocycles. The van der Waals surface area contributed by atoms with Gasteiger partial charge in [0, 0.05) is 6.04 Å². The summed E-state index contributed by atoms with van der Waals surface area (Å²) in [5, 5.41) is 12.7. The van der Waals surface area contributed by atoms with Crippen LogP contribution in [0.1, 0.15) is 53.9 Å². The average molecular weight is 215 g/mol. The van der Waals surface area contributed by atoms with E-state index < -0.39 is 0 Å². The molecule has 0 heterocycles. The van der Waals surface area contributed by atoms with Crippen molar-refractivity contribution in [2.45, 2.75) is 66.0 Å². The van der Waals surface area contributed by atoms with E-state index in [0.29, 0.717) is 6.04 Å². The Labute approximate surface area is 95.5 Å². The van der Waals surface area contributed by atoms with Gasteiger partial charge in [0.2, 0.25) is 0 Å². The van der Waals surface area contributed by atoms with Crippen molar-refractivity contribution in [1.82, 2.24) is 5.32 Å². The number of nitrogens with one attached hydrogen (secondary N) is 1. The van der Waals surface area contributed by atoms with Crippen molar-refractivity contribution in [3.63, 3.8) is 0 Å². The molecule has 2 nitrogen and oxygen atoms in total. The Balaban J connectivity index is 3.79. The first-order valence-electron chi connectivity index (χ1n) is 6.33. The van der Waals surface area contributed by atoms with Crippen LogP contribution >= 0.6 is 0 Å². The molecule has 0 aromatic rings. The number of hydrogen-bond donors (Lipinski definition) is 2. The summed E-state index contributed by atoms with van der Waals surface area (Å²) in [6.07, 6.45) is 3.14. The van der Waals surface area contributed by atoms with Gasteiger partial charge in [-0.05, 0) is 44.6 Å². The zero-order chi connectivity index (χ0) is 11.8. The molecule has 0 aromatic heterocycles. The largest absolute Gasteiger partial charge is 0.393 e. The van der Waals surface area contributed by atoms with Crippen molar-refractivity contribution < 1.29 is 5.11 Å². The van der Waals surface area contributed by atoms with Gasteiger partial charge in [0.1, 0.15) is 0 Å². The van der Waals surface area contributed by atoms with E-state index in [9.17, 15) is 5.11 Å². The van der Waals surface area contributed by atoms with E-state index in [4.69, 9.17) is 0 Å². The monoisotopic (exact) mass is 215 g/mol. The molecule has 0 radical (unpaired) electrons. The van der Waals surface area contributed by atoms with Gasteiger partial charge in [-0.15, -0.1) is 0 Å². The highest BCUT2D eigenvalue weighted by Gasteiger charge is 2.12. The molecule has 2 N–H and O–H groups in total. The van der Waals surface area contributed by atoms with Crippen molar-refractivity contribution >= 4 is 0 Å². The molecule has 0 aliphatic heterocycles. The molecule has 0 aliphatic rings. The number of rotatable bonds is 8. The highest BCUT2D eigenvalue weighted by atomic mass is 16.3. The summed E-state index contributed by atoms with van der Waals surface area (Å²) in [5.74, 6) is 1.49. The van der Waals surface area contributed by atoms with Crippen LogP contribution in [0.4, 0.5) is 0 Å². The predicted octanol–water partition coefficient (Wildman–Crippen LogP) is 2.81. The third kappa shape index (κ3) is 10.2. The minimum absolute atomic E-state index is 0.184. The lowest BCUT2D eigenvalue weighted by atomic mass is 9.95. The van der Waals surface area contributed by atoms with E-state index in [1.807, 2.05) is 6.92 Å². The Hall–Kier alpha value is -0.0800. The zero-order valence-electron chi connectivity index (χ0n) is 11.1. The van der Waals surface area contributed by atoms with Crippen LogP contribution in [-0.2, 0) is 0 Å². The SMILES string of the molecule is CC(C)CC(CC(C)C)NCC[C@@H](C)O. The van der Waals surface area contributed by atoms with E-state index in [2.05, 4.69) is 33.0 Å². The molecule has 0 aromatic carbocycles. The molecular weight excluding hydrogens is 186 g/mol. The molecule has 0 unspecified atom stereocenters. The highest BCUT2D eigenvalue weighted by molar-refractivity contribution is 4.70. The van der Waals surface area contributed by atoms with Crippen LogP contribution in [0, 0.1) is 11.8 Å². The maximum Gasteiger partial charge on any atom is 0.0524 e. The summed E-state index contributed by atoms with van der Waals surface area (Å²) in [4.78, 5) is 0. The Kier molecular flexibility index (Phi) is 8.07. The van der Waals surface area contributed by atoms with Crippen LogP contribution in [-0.4, -0.2) is 23.8 Å². The van der Waals surface area contributed by atoms with Gasteiger partial charge in [0.25, 0.3) is 0 Å². The Bertz CT molecular complexity index is 133. The molecular formula is C13H29NO. The van der Waals surface area contributed by atoms with Gasteiger partial charge < -0.3 is 10.4 Å². The van der Waals surface area contributed by atoms with E-state index >= 15 is 0 Å². The lowest BCUT2D eigenvalue weighted by Gasteiger charge is -2.22. The minimum Gasteiger partial charge on any atom is -0.393 e. The van der Waals surface area contributed by atoms with Gasteiger partial charge in [0.05, 0.1) is 6.10 Å². The molecule has 2 heteroatoms. The molecule has 0 rings (SSSR count). The maximum atomic E-state index is 9.19. The molecule has 0 amide bonds. The standard InChI is InChI=1S/C13H29NO/c1-10(2)8-13(9-11(3)4)14-7-6-12(5)15/h10-15H,6-9H2,1-5H3/t12-/m1/s1. The Morgan fingerprint density at radius 3 is 1.73 bits per heavy atom. The molecule has 0 bridgehead atoms. The van der Waals surface area contributed by atoms with Crippen LogP contribution in [0.2, 0.25) is 0 Å². The zero-order valence-corrected chi connectivity index (χ0v) is 11.1. The summed E-state index contributed by atoms with van der Waals surface area (Å²) in [6, 6.07) is 0.615. The van der Waals surface area contributed by atoms with Crippen molar-refractivity contribution in [2.24, 2.45) is 11.8 Å². The fourth-order valence-corrected chi connectivity index (χ4v) is 1.90. The quantitative estimate of drug-likeness (QED) is 0.652. The summed E-state index contributed by atoms with van der Waals surface area (Å²) in [6.45, 7) is 11.9. The minimum atomic E-state index is -0.184. The van der Waals surface area contributed by atoms with Crippen LogP contribution < -0.4 is 5.32 Å². The second kappa shape index (κ2) is 8.12. The van der Waals surface area contributed by atoms with Crippen molar-refractivity contribution in [3.8, 4) is 0 Å². The summed E-state index contributed by atoms with van der Waals surface area (Å²) >= 11 is 0. The average Bonchev–Trinajstić information content (AvgIpc) is 2.00. The fourth-order valence-electron chi connectivity index (χ4n) is 1.90. The van der Waals surface area contributed by atoms with Gasteiger partial charge in [0.15, 0.2) is 0 Å². The lowest BCUT2D eigenvalue weighted by Crippen LogP contribution is -2.33. The van der Waals surface area contributed by atoms with Gasteiger partial charge in [-0.2, -0.15) is 0 Å². The van der Waals surface area contributed by atoms with Crippen molar-refractivity contribution in [1.29, 1.82) is 0 Å². The third-order valence-electron chi connectivity index (χ3n) is 2.51. The summed E-state index contributed by atoms with van der Waals surface area (Å²) < 4.78 is 0. The molecule has 1 atom stereocenters. The van der Waals surface area contributed by atoms with Crippen LogP contribution in [0.15, 0.2) is 0 Å². The molecule has 15 heavy (non-hydrogen) atoms. The summed E-state index contributed by atoms with van der Waals surface area (Å²) in [7, 11) is 0. The van der Waals surface area contributed by atoms with Crippen LogP contribution in [0.5, 0.6) is 0 Å². The van der Waals surface area contributed by atoms with Crippen molar-refractivity contribution in [3.05, 3.63) is 0 Å². The van der Waals surface area contributed by atoms with E-state index in [0.717, 1.165) is 24.8 Å². The molecule has 0 saturated heterocycles. The molecule has 0 spiro atoms. The van der Waals surface area contributed by atoms with E-state index in [1.165, 1.54) is 12.8 Å². The van der Waals surface area contributed by atoms with Gasteiger partial charge >= 0.3 is 0 Å². The van der Waals surface area contributed by atoms with Gasteiger partial charge in [-0.3, -0.25) is 0 Å². The number of hydrogen-bond acceptors (Lipinski definition) is 2. The summed E-state index contributed by atoms with van der Waals surface area (Å²) in [5.41, 5.74) is 0. The Morgan fingerprint density at radius 2 is 1.40 bits per heavy atom. The van der Waals surface area contributed by atoms with E-state index in [-0.39, 0.29) is 6.10 Å². The van der Waals surface area contributed by atoms with Crippen LogP contribution in [0.25, 0.3) is 0 Å². The second-order valence-corrected chi connectivity index (χ2v) is 5.55. The second-order valence-electron chi connectivity index (χ2n) is 5.55. The fraction of sp³-hybridized carbons (Fsp3) is 1.00. The smallest absolute Gasteiger partial charge is 0.0524 e.